The van der Waals surface area contributed by atoms with E-state index >= 15 is 0 Å². The van der Waals surface area contributed by atoms with Crippen LogP contribution in [0.4, 0.5) is 0 Å². The quantitative estimate of drug-likeness (QED) is 0.394. The summed E-state index contributed by atoms with van der Waals surface area (Å²) in [5.41, 5.74) is 3.21. The highest BCUT2D eigenvalue weighted by Crippen LogP contribution is 2.31. The van der Waals surface area contributed by atoms with Crippen LogP contribution in [-0.2, 0) is 43.5 Å². The van der Waals surface area contributed by atoms with Crippen LogP contribution >= 0.6 is 0 Å². The molecular weight excluding hydrogens is 456 g/mol. The Kier molecular flexibility index (Phi) is 10.5. The molecule has 1 heterocycles. The van der Waals surface area contributed by atoms with Crippen LogP contribution in [0.3, 0.4) is 0 Å². The summed E-state index contributed by atoms with van der Waals surface area (Å²) in [4.78, 5) is 0. The molecule has 1 fully saturated rings. The minimum atomic E-state index is -0.613. The summed E-state index contributed by atoms with van der Waals surface area (Å²) in [6, 6.07) is 30.0. The zero-order valence-corrected chi connectivity index (χ0v) is 20.8. The second-order valence-corrected chi connectivity index (χ2v) is 9.05. The first-order valence-electron chi connectivity index (χ1n) is 12.5. The van der Waals surface area contributed by atoms with Crippen LogP contribution in [0.1, 0.15) is 23.1 Å². The van der Waals surface area contributed by atoms with Crippen LogP contribution in [0.25, 0.3) is 0 Å². The number of hydrogen-bond donors (Lipinski definition) is 1. The maximum Gasteiger partial charge on any atom is 0.183 e. The first-order chi connectivity index (χ1) is 17.8. The second kappa shape index (κ2) is 14.2. The van der Waals surface area contributed by atoms with Gasteiger partial charge in [0.05, 0.1) is 32.5 Å². The van der Waals surface area contributed by atoms with Gasteiger partial charge in [-0.3, -0.25) is 0 Å². The fraction of sp³-hybridized carbons (Fsp3) is 0.400. The lowest BCUT2D eigenvalue weighted by Crippen LogP contribution is -2.42. The smallest absolute Gasteiger partial charge is 0.183 e. The average Bonchev–Trinajstić information content (AvgIpc) is 3.08. The van der Waals surface area contributed by atoms with E-state index in [-0.39, 0.29) is 18.6 Å². The summed E-state index contributed by atoms with van der Waals surface area (Å²) >= 11 is 0. The highest BCUT2D eigenvalue weighted by molar-refractivity contribution is 5.15. The van der Waals surface area contributed by atoms with Crippen LogP contribution in [0, 0.1) is 5.92 Å². The molecule has 0 aliphatic carbocycles. The SMILES string of the molecule is CO[C@@H]1OC(COCc2ccccc2)[C@H](OCc2ccccc2)C(CO)CC1OCc1ccccc1. The van der Waals surface area contributed by atoms with Crippen molar-refractivity contribution >= 4 is 0 Å². The Morgan fingerprint density at radius 2 is 1.28 bits per heavy atom. The molecule has 192 valence electrons. The molecule has 1 N–H and O–H groups in total. The van der Waals surface area contributed by atoms with Crippen molar-refractivity contribution in [3.63, 3.8) is 0 Å². The van der Waals surface area contributed by atoms with Gasteiger partial charge in [-0.1, -0.05) is 91.0 Å². The first-order valence-corrected chi connectivity index (χ1v) is 12.5. The van der Waals surface area contributed by atoms with Crippen LogP contribution in [-0.4, -0.2) is 50.0 Å². The van der Waals surface area contributed by atoms with Crippen molar-refractivity contribution in [1.29, 1.82) is 0 Å². The molecule has 5 atom stereocenters. The van der Waals surface area contributed by atoms with E-state index in [1.165, 1.54) is 0 Å². The van der Waals surface area contributed by atoms with Crippen molar-refractivity contribution in [3.05, 3.63) is 108 Å². The van der Waals surface area contributed by atoms with E-state index < -0.39 is 18.5 Å². The highest BCUT2D eigenvalue weighted by Gasteiger charge is 2.41. The molecule has 0 amide bonds. The monoisotopic (exact) mass is 492 g/mol. The molecule has 36 heavy (non-hydrogen) atoms. The van der Waals surface area contributed by atoms with E-state index in [2.05, 4.69) is 0 Å². The summed E-state index contributed by atoms with van der Waals surface area (Å²) in [6.07, 6.45) is -1.28. The van der Waals surface area contributed by atoms with Gasteiger partial charge in [0.2, 0.25) is 0 Å². The van der Waals surface area contributed by atoms with E-state index in [0.29, 0.717) is 32.8 Å². The zero-order valence-electron chi connectivity index (χ0n) is 20.8. The third kappa shape index (κ3) is 7.71. The van der Waals surface area contributed by atoms with Crippen molar-refractivity contribution in [2.45, 2.75) is 50.8 Å². The Morgan fingerprint density at radius 1 is 0.750 bits per heavy atom. The van der Waals surface area contributed by atoms with Gasteiger partial charge < -0.3 is 28.8 Å². The molecular formula is C30H36O6. The number of benzene rings is 3. The Morgan fingerprint density at radius 3 is 1.81 bits per heavy atom. The largest absolute Gasteiger partial charge is 0.396 e. The van der Waals surface area contributed by atoms with Crippen molar-refractivity contribution in [3.8, 4) is 0 Å². The van der Waals surface area contributed by atoms with E-state index in [4.69, 9.17) is 23.7 Å². The van der Waals surface area contributed by atoms with Gasteiger partial charge in [0.15, 0.2) is 6.29 Å². The van der Waals surface area contributed by atoms with Crippen molar-refractivity contribution in [2.75, 3.05) is 20.3 Å². The molecule has 6 nitrogen and oxygen atoms in total. The van der Waals surface area contributed by atoms with Crippen LogP contribution in [0.15, 0.2) is 91.0 Å². The van der Waals surface area contributed by atoms with E-state index in [9.17, 15) is 5.11 Å². The topological polar surface area (TPSA) is 66.4 Å². The van der Waals surface area contributed by atoms with Gasteiger partial charge >= 0.3 is 0 Å². The third-order valence-corrected chi connectivity index (χ3v) is 6.43. The molecule has 3 aromatic carbocycles. The number of rotatable bonds is 12. The number of aliphatic hydroxyl groups is 1. The Bertz CT molecular complexity index is 984. The second-order valence-electron chi connectivity index (χ2n) is 9.05. The maximum absolute atomic E-state index is 10.4. The van der Waals surface area contributed by atoms with Gasteiger partial charge in [0.1, 0.15) is 12.2 Å². The molecule has 0 spiro atoms. The number of aliphatic hydroxyl groups excluding tert-OH is 1. The predicted molar refractivity (Wildman–Crippen MR) is 137 cm³/mol. The molecule has 6 heteroatoms. The molecule has 0 bridgehead atoms. The Hall–Kier alpha value is -2.58. The van der Waals surface area contributed by atoms with Gasteiger partial charge in [-0.25, -0.2) is 0 Å². The molecule has 0 aromatic heterocycles. The van der Waals surface area contributed by atoms with Crippen LogP contribution < -0.4 is 0 Å². The van der Waals surface area contributed by atoms with Crippen molar-refractivity contribution < 1.29 is 28.8 Å². The molecule has 1 aliphatic heterocycles. The standard InChI is InChI=1S/C30H36O6/c1-32-30-27(34-20-24-13-7-3-8-14-24)17-26(18-31)29(35-21-25-15-9-4-10-16-25)28(36-30)22-33-19-23-11-5-2-6-12-23/h2-16,26-31H,17-22H2,1H3/t26?,27?,28?,29-,30-/m1/s1. The number of ether oxygens (including phenoxy) is 5. The molecule has 0 radical (unpaired) electrons. The molecule has 3 unspecified atom stereocenters. The van der Waals surface area contributed by atoms with Gasteiger partial charge in [-0.2, -0.15) is 0 Å². The third-order valence-electron chi connectivity index (χ3n) is 6.43. The lowest BCUT2D eigenvalue weighted by atomic mass is 9.93. The zero-order chi connectivity index (χ0) is 25.0. The van der Waals surface area contributed by atoms with Gasteiger partial charge in [0.25, 0.3) is 0 Å². The average molecular weight is 493 g/mol. The molecule has 0 saturated carbocycles. The summed E-state index contributed by atoms with van der Waals surface area (Å²) in [5, 5.41) is 10.4. The lowest BCUT2D eigenvalue weighted by molar-refractivity contribution is -0.232. The van der Waals surface area contributed by atoms with Crippen LogP contribution in [0.2, 0.25) is 0 Å². The van der Waals surface area contributed by atoms with Gasteiger partial charge in [0, 0.05) is 19.6 Å². The summed E-state index contributed by atoms with van der Waals surface area (Å²) in [5.74, 6) is -0.208. The van der Waals surface area contributed by atoms with Gasteiger partial charge in [-0.05, 0) is 23.1 Å². The summed E-state index contributed by atoms with van der Waals surface area (Å²) in [7, 11) is 1.62. The Balaban J connectivity index is 1.48. The lowest BCUT2D eigenvalue weighted by Gasteiger charge is -2.30. The fourth-order valence-corrected chi connectivity index (χ4v) is 4.51. The molecule has 1 saturated heterocycles. The minimum absolute atomic E-state index is 0.0559. The molecule has 4 rings (SSSR count). The molecule has 1 aliphatic rings. The van der Waals surface area contributed by atoms with E-state index in [0.717, 1.165) is 16.7 Å². The minimum Gasteiger partial charge on any atom is -0.396 e. The summed E-state index contributed by atoms with van der Waals surface area (Å²) in [6.45, 7) is 1.54. The first kappa shape index (κ1) is 26.5. The molecule has 3 aromatic rings. The number of methoxy groups -OCH3 is 1. The van der Waals surface area contributed by atoms with E-state index in [1.54, 1.807) is 7.11 Å². The van der Waals surface area contributed by atoms with Gasteiger partial charge in [-0.15, -0.1) is 0 Å². The number of hydrogen-bond acceptors (Lipinski definition) is 6. The van der Waals surface area contributed by atoms with Crippen molar-refractivity contribution in [2.24, 2.45) is 5.92 Å². The Labute approximate surface area is 213 Å². The van der Waals surface area contributed by atoms with Crippen LogP contribution in [0.5, 0.6) is 0 Å². The summed E-state index contributed by atoms with van der Waals surface area (Å²) < 4.78 is 30.9. The fourth-order valence-electron chi connectivity index (χ4n) is 4.51. The normalized spacial score (nSPS) is 24.3. The maximum atomic E-state index is 10.4. The predicted octanol–water partition coefficient (Wildman–Crippen LogP) is 4.74. The highest BCUT2D eigenvalue weighted by atomic mass is 16.7. The van der Waals surface area contributed by atoms with E-state index in [1.807, 2.05) is 91.0 Å². The van der Waals surface area contributed by atoms with Crippen molar-refractivity contribution in [1.82, 2.24) is 0 Å².